The fraction of sp³-hybridized carbons (Fsp3) is 0. The van der Waals surface area contributed by atoms with Crippen LogP contribution < -0.4 is 13.9 Å². The summed E-state index contributed by atoms with van der Waals surface area (Å²) in [6.45, 7) is 0. The summed E-state index contributed by atoms with van der Waals surface area (Å²) in [7, 11) is 0. The molecule has 0 aliphatic carbocycles. The summed E-state index contributed by atoms with van der Waals surface area (Å²) >= 11 is 0. The maximum absolute atomic E-state index is 6.55. The van der Waals surface area contributed by atoms with Gasteiger partial charge in [-0.2, -0.15) is 5.10 Å². The molecule has 0 radical (unpaired) electrons. The Bertz CT molecular complexity index is 2870. The number of fused-ring (bicyclic) bond motifs is 3. The summed E-state index contributed by atoms with van der Waals surface area (Å²) in [5.74, 6) is 1.44. The van der Waals surface area contributed by atoms with Crippen molar-refractivity contribution in [3.8, 4) is 50.6 Å². The largest absolute Gasteiger partial charge is 0.503 e. The molecule has 0 saturated heterocycles. The molecule has 0 amide bonds. The molecule has 0 fully saturated rings. The third-order valence-electron chi connectivity index (χ3n) is 10.1. The molecule has 5 heteroatoms. The third kappa shape index (κ3) is 6.01. The number of benzene rings is 8. The summed E-state index contributed by atoms with van der Waals surface area (Å²) in [5.41, 5.74) is 11.7. The normalized spacial score (nSPS) is 11.9. The van der Waals surface area contributed by atoms with Crippen LogP contribution in [0.3, 0.4) is 0 Å². The van der Waals surface area contributed by atoms with Crippen molar-refractivity contribution in [1.82, 2.24) is 18.9 Å². The van der Waals surface area contributed by atoms with Crippen LogP contribution in [0.1, 0.15) is 0 Å². The predicted octanol–water partition coefficient (Wildman–Crippen LogP) is 12.7. The highest BCUT2D eigenvalue weighted by molar-refractivity contribution is 6.06. The molecule has 9 aromatic rings. The number of ether oxygens (including phenoxy) is 1. The summed E-state index contributed by atoms with van der Waals surface area (Å²) in [6, 6.07) is 71.1. The zero-order chi connectivity index (χ0) is 36.6. The molecular formula is C50H34N4O+2. The lowest BCUT2D eigenvalue weighted by molar-refractivity contribution is 0.482. The second-order valence-corrected chi connectivity index (χ2v) is 13.5. The standard InChI is InChI=1S/C50H34N4O/c1-4-15-36(16-5-1)40-33-51-54(34-40)42-23-13-25-44(32-42)55-43-24-12-22-41(31-43)52-35-53(50-47-26-11-10-21-39(47)29-30-48(50)52)49-45(37-17-6-2-7-18-37)27-14-28-46(49)38-19-8-3-9-20-38/h1-34H/q+2. The Balaban J connectivity index is 1.10. The van der Waals surface area contributed by atoms with Crippen LogP contribution in [0.2, 0.25) is 0 Å². The van der Waals surface area contributed by atoms with Crippen molar-refractivity contribution in [2.75, 3.05) is 0 Å². The van der Waals surface area contributed by atoms with E-state index in [1.165, 1.54) is 5.39 Å². The second kappa shape index (κ2) is 13.8. The molecule has 55 heavy (non-hydrogen) atoms. The summed E-state index contributed by atoms with van der Waals surface area (Å²) in [6.07, 6.45) is 3.93. The maximum atomic E-state index is 6.55. The minimum Gasteiger partial charge on any atom is -0.457 e. The van der Waals surface area contributed by atoms with Gasteiger partial charge in [0.25, 0.3) is 5.69 Å². The van der Waals surface area contributed by atoms with Crippen molar-refractivity contribution >= 4 is 39.5 Å². The van der Waals surface area contributed by atoms with Gasteiger partial charge in [-0.3, -0.25) is 0 Å². The smallest absolute Gasteiger partial charge is 0.457 e. The molecule has 0 bridgehead atoms. The van der Waals surface area contributed by atoms with E-state index in [9.17, 15) is 0 Å². The molecule has 2 heterocycles. The first-order chi connectivity index (χ1) is 27.3. The molecule has 1 aromatic heterocycles. The van der Waals surface area contributed by atoms with Crippen LogP contribution in [0.5, 0.6) is 11.5 Å². The van der Waals surface area contributed by atoms with Crippen LogP contribution in [0.25, 0.3) is 49.8 Å². The van der Waals surface area contributed by atoms with Crippen molar-refractivity contribution in [1.29, 1.82) is 0 Å². The van der Waals surface area contributed by atoms with Gasteiger partial charge >= 0.3 is 11.7 Å². The fourth-order valence-corrected chi connectivity index (χ4v) is 7.46. The molecular weight excluding hydrogens is 673 g/mol. The first-order valence-electron chi connectivity index (χ1n) is 18.4. The van der Waals surface area contributed by atoms with Crippen LogP contribution in [0, 0.1) is 0 Å². The lowest BCUT2D eigenvalue weighted by Crippen LogP contribution is -2.05. The van der Waals surface area contributed by atoms with Gasteiger partial charge in [0.2, 0.25) is 11.4 Å². The van der Waals surface area contributed by atoms with Crippen molar-refractivity contribution in [3.05, 3.63) is 207 Å². The van der Waals surface area contributed by atoms with Crippen molar-refractivity contribution < 1.29 is 4.74 Å². The molecule has 0 atom stereocenters. The summed E-state index contributed by atoms with van der Waals surface area (Å²) in [4.78, 5) is 0. The molecule has 1 aliphatic rings. The SMILES string of the molecule is C1=[N+](c2cccc(Oc3cccc(-n4cc(-c5ccccc5)cn4)c3)c2)c2ccc3ccccc3c2[N+]=1c1c(-c2ccccc2)cccc1-c1ccccc1. The molecule has 258 valence electrons. The Morgan fingerprint density at radius 1 is 0.473 bits per heavy atom. The molecule has 8 aromatic carbocycles. The van der Waals surface area contributed by atoms with Crippen LogP contribution in [-0.2, 0) is 0 Å². The Morgan fingerprint density at radius 2 is 1.09 bits per heavy atom. The van der Waals surface area contributed by atoms with Gasteiger partial charge in [-0.25, -0.2) is 4.68 Å². The Labute approximate surface area is 319 Å². The first kappa shape index (κ1) is 32.1. The lowest BCUT2D eigenvalue weighted by Gasteiger charge is -2.11. The van der Waals surface area contributed by atoms with E-state index < -0.39 is 0 Å². The average molecular weight is 707 g/mol. The van der Waals surface area contributed by atoms with Gasteiger partial charge in [0, 0.05) is 30.0 Å². The number of para-hydroxylation sites is 1. The van der Waals surface area contributed by atoms with E-state index in [1.54, 1.807) is 0 Å². The zero-order valence-corrected chi connectivity index (χ0v) is 29.8. The van der Waals surface area contributed by atoms with Crippen molar-refractivity contribution in [3.63, 3.8) is 0 Å². The topological polar surface area (TPSA) is 33.1 Å². The average Bonchev–Trinajstić information content (AvgIpc) is 3.91. The maximum Gasteiger partial charge on any atom is 0.503 e. The van der Waals surface area contributed by atoms with Gasteiger partial charge in [-0.1, -0.05) is 127 Å². The van der Waals surface area contributed by atoms with Crippen LogP contribution in [0.15, 0.2) is 207 Å². The molecule has 0 spiro atoms. The minimum atomic E-state index is 0.720. The number of hydrogen-bond donors (Lipinski definition) is 0. The molecule has 10 rings (SSSR count). The highest BCUT2D eigenvalue weighted by Gasteiger charge is 2.41. The summed E-state index contributed by atoms with van der Waals surface area (Å²) in [5, 5.41) is 6.96. The molecule has 0 unspecified atom stereocenters. The molecule has 1 aliphatic heterocycles. The van der Waals surface area contributed by atoms with Gasteiger partial charge in [0.05, 0.1) is 34.5 Å². The Morgan fingerprint density at radius 3 is 1.82 bits per heavy atom. The van der Waals surface area contributed by atoms with Gasteiger partial charge in [-0.15, -0.1) is 0 Å². The number of hydrogen-bond acceptors (Lipinski definition) is 2. The van der Waals surface area contributed by atoms with E-state index in [0.29, 0.717) is 0 Å². The number of rotatable bonds is 8. The third-order valence-corrected chi connectivity index (χ3v) is 10.1. The van der Waals surface area contributed by atoms with E-state index in [0.717, 1.165) is 78.7 Å². The van der Waals surface area contributed by atoms with Crippen LogP contribution >= 0.6 is 0 Å². The second-order valence-electron chi connectivity index (χ2n) is 13.5. The predicted molar refractivity (Wildman–Crippen MR) is 225 cm³/mol. The molecule has 0 N–H and O–H groups in total. The fourth-order valence-electron chi connectivity index (χ4n) is 7.46. The van der Waals surface area contributed by atoms with Crippen LogP contribution in [-0.4, -0.2) is 15.8 Å². The van der Waals surface area contributed by atoms with E-state index in [4.69, 9.17) is 4.74 Å². The molecule has 0 saturated carbocycles. The number of nitrogens with zero attached hydrogens (tertiary/aromatic N) is 4. The van der Waals surface area contributed by atoms with Gasteiger partial charge in [0.1, 0.15) is 11.5 Å². The van der Waals surface area contributed by atoms with Gasteiger partial charge in [0.15, 0.2) is 0 Å². The Hall–Kier alpha value is -7.59. The highest BCUT2D eigenvalue weighted by Crippen LogP contribution is 2.47. The first-order valence-corrected chi connectivity index (χ1v) is 18.4. The zero-order valence-electron chi connectivity index (χ0n) is 29.8. The van der Waals surface area contributed by atoms with Crippen molar-refractivity contribution in [2.45, 2.75) is 0 Å². The minimum absolute atomic E-state index is 0.720. The lowest BCUT2D eigenvalue weighted by atomic mass is 9.95. The van der Waals surface area contributed by atoms with Gasteiger partial charge < -0.3 is 4.74 Å². The van der Waals surface area contributed by atoms with E-state index in [2.05, 4.69) is 160 Å². The van der Waals surface area contributed by atoms with Crippen LogP contribution in [0.4, 0.5) is 22.7 Å². The Kier molecular flexibility index (Phi) is 8.03. The summed E-state index contributed by atoms with van der Waals surface area (Å²) < 4.78 is 12.8. The highest BCUT2D eigenvalue weighted by atomic mass is 16.5. The van der Waals surface area contributed by atoms with E-state index in [-0.39, 0.29) is 0 Å². The van der Waals surface area contributed by atoms with E-state index >= 15 is 0 Å². The van der Waals surface area contributed by atoms with E-state index in [1.807, 2.05) is 71.7 Å². The monoisotopic (exact) mass is 706 g/mol. The van der Waals surface area contributed by atoms with Crippen molar-refractivity contribution in [2.24, 2.45) is 0 Å². The molecule has 5 nitrogen and oxygen atoms in total. The number of aromatic nitrogens is 2. The van der Waals surface area contributed by atoms with Gasteiger partial charge in [-0.05, 0) is 73.7 Å². The quantitative estimate of drug-likeness (QED) is 0.147.